The fraction of sp³-hybridized carbons (Fsp3) is 0.292. The third-order valence-corrected chi connectivity index (χ3v) is 5.40. The van der Waals surface area contributed by atoms with E-state index in [4.69, 9.17) is 14.5 Å². The van der Waals surface area contributed by atoms with Crippen LogP contribution in [0.4, 0.5) is 27.9 Å². The number of hydrogen-bond acceptors (Lipinski definition) is 7. The molecule has 9 nitrogen and oxygen atoms in total. The van der Waals surface area contributed by atoms with Crippen molar-refractivity contribution in [3.8, 4) is 11.5 Å². The van der Waals surface area contributed by atoms with Crippen LogP contribution in [-0.4, -0.2) is 61.3 Å². The van der Waals surface area contributed by atoms with Gasteiger partial charge in [-0.15, -0.1) is 0 Å². The minimum absolute atomic E-state index is 0.119. The predicted octanol–water partition coefficient (Wildman–Crippen LogP) is 3.90. The minimum Gasteiger partial charge on any atom is -0.497 e. The Morgan fingerprint density at radius 3 is 2.00 bits per heavy atom. The first kappa shape index (κ1) is 22.2. The molecule has 2 heterocycles. The molecule has 0 atom stereocenters. The van der Waals surface area contributed by atoms with E-state index in [-0.39, 0.29) is 6.03 Å². The number of benzene rings is 2. The molecule has 172 valence electrons. The number of piperazine rings is 1. The van der Waals surface area contributed by atoms with Crippen LogP contribution < -0.4 is 25.0 Å². The van der Waals surface area contributed by atoms with Crippen molar-refractivity contribution in [1.82, 2.24) is 14.9 Å². The highest BCUT2D eigenvalue weighted by atomic mass is 16.5. The van der Waals surface area contributed by atoms with E-state index in [1.54, 1.807) is 19.1 Å². The van der Waals surface area contributed by atoms with Gasteiger partial charge in [0.2, 0.25) is 5.95 Å². The molecule has 0 unspecified atom stereocenters. The Kier molecular flexibility index (Phi) is 6.77. The third-order valence-electron chi connectivity index (χ3n) is 5.40. The van der Waals surface area contributed by atoms with Gasteiger partial charge >= 0.3 is 6.03 Å². The van der Waals surface area contributed by atoms with E-state index in [1.165, 1.54) is 0 Å². The van der Waals surface area contributed by atoms with Crippen molar-refractivity contribution in [2.45, 2.75) is 6.92 Å². The summed E-state index contributed by atoms with van der Waals surface area (Å²) in [5.74, 6) is 2.93. The minimum atomic E-state index is -0.119. The van der Waals surface area contributed by atoms with Gasteiger partial charge in [-0.3, -0.25) is 0 Å². The molecule has 1 aliphatic rings. The number of rotatable bonds is 6. The van der Waals surface area contributed by atoms with Gasteiger partial charge in [-0.25, -0.2) is 9.78 Å². The van der Waals surface area contributed by atoms with E-state index in [0.717, 1.165) is 34.4 Å². The average Bonchev–Trinajstić information content (AvgIpc) is 2.85. The second kappa shape index (κ2) is 10.1. The van der Waals surface area contributed by atoms with Gasteiger partial charge in [0.25, 0.3) is 0 Å². The molecular formula is C24H28N6O3. The Balaban J connectivity index is 1.36. The molecule has 4 rings (SSSR count). The Morgan fingerprint density at radius 1 is 0.848 bits per heavy atom. The zero-order valence-corrected chi connectivity index (χ0v) is 19.0. The lowest BCUT2D eigenvalue weighted by molar-refractivity contribution is 0.208. The first-order valence-electron chi connectivity index (χ1n) is 10.8. The summed E-state index contributed by atoms with van der Waals surface area (Å²) < 4.78 is 10.4. The molecule has 1 saturated heterocycles. The van der Waals surface area contributed by atoms with Crippen LogP contribution in [0.3, 0.4) is 0 Å². The fourth-order valence-electron chi connectivity index (χ4n) is 3.57. The van der Waals surface area contributed by atoms with Crippen LogP contribution in [0, 0.1) is 6.92 Å². The summed E-state index contributed by atoms with van der Waals surface area (Å²) in [4.78, 5) is 25.8. The van der Waals surface area contributed by atoms with E-state index < -0.39 is 0 Å². The highest BCUT2D eigenvalue weighted by Crippen LogP contribution is 2.22. The Morgan fingerprint density at radius 2 is 1.42 bits per heavy atom. The van der Waals surface area contributed by atoms with Crippen LogP contribution in [0.25, 0.3) is 0 Å². The van der Waals surface area contributed by atoms with Gasteiger partial charge in [0.05, 0.1) is 14.2 Å². The maximum absolute atomic E-state index is 12.6. The summed E-state index contributed by atoms with van der Waals surface area (Å²) >= 11 is 0. The second-order valence-electron chi connectivity index (χ2n) is 7.68. The van der Waals surface area contributed by atoms with Gasteiger partial charge in [-0.2, -0.15) is 4.98 Å². The van der Waals surface area contributed by atoms with E-state index in [2.05, 4.69) is 20.5 Å². The molecule has 2 aromatic carbocycles. The average molecular weight is 449 g/mol. The number of ether oxygens (including phenoxy) is 2. The zero-order chi connectivity index (χ0) is 23.2. The number of carbonyl (C=O) groups excluding carboxylic acids is 1. The van der Waals surface area contributed by atoms with Crippen molar-refractivity contribution in [1.29, 1.82) is 0 Å². The van der Waals surface area contributed by atoms with Crippen molar-refractivity contribution >= 4 is 29.2 Å². The third kappa shape index (κ3) is 5.62. The van der Waals surface area contributed by atoms with Gasteiger partial charge in [0.15, 0.2) is 0 Å². The molecule has 0 radical (unpaired) electrons. The van der Waals surface area contributed by atoms with E-state index in [0.29, 0.717) is 32.1 Å². The summed E-state index contributed by atoms with van der Waals surface area (Å²) in [6.07, 6.45) is 0. The number of hydrogen-bond donors (Lipinski definition) is 2. The van der Waals surface area contributed by atoms with Gasteiger partial charge < -0.3 is 29.9 Å². The smallest absolute Gasteiger partial charge is 0.321 e. The molecule has 0 saturated carbocycles. The molecule has 1 aromatic heterocycles. The number of amides is 2. The number of anilines is 4. The van der Waals surface area contributed by atoms with Crippen molar-refractivity contribution in [3.63, 3.8) is 0 Å². The SMILES string of the molecule is COc1ccc(NC(=O)N2CCN(c3nc(C)cc(Nc4ccc(OC)cc4)n3)CC2)cc1. The number of nitrogens with zero attached hydrogens (tertiary/aromatic N) is 4. The van der Waals surface area contributed by atoms with Crippen LogP contribution >= 0.6 is 0 Å². The standard InChI is InChI=1S/C24H28N6O3/c1-17-16-22(26-18-4-8-20(32-2)9-5-18)28-23(25-17)29-12-14-30(15-13-29)24(31)27-19-6-10-21(33-3)11-7-19/h4-11,16H,12-15H2,1-3H3,(H,27,31)(H,25,26,28). The molecule has 0 bridgehead atoms. The lowest BCUT2D eigenvalue weighted by atomic mass is 10.3. The van der Waals surface area contributed by atoms with Gasteiger partial charge in [0.1, 0.15) is 17.3 Å². The summed E-state index contributed by atoms with van der Waals surface area (Å²) in [6, 6.07) is 16.8. The maximum atomic E-state index is 12.6. The first-order chi connectivity index (χ1) is 16.0. The quantitative estimate of drug-likeness (QED) is 0.591. The number of methoxy groups -OCH3 is 2. The monoisotopic (exact) mass is 448 g/mol. The van der Waals surface area contributed by atoms with Crippen molar-refractivity contribution < 1.29 is 14.3 Å². The van der Waals surface area contributed by atoms with Crippen LogP contribution in [0.1, 0.15) is 5.69 Å². The van der Waals surface area contributed by atoms with Gasteiger partial charge in [0, 0.05) is 49.3 Å². The summed E-state index contributed by atoms with van der Waals surface area (Å²) in [5.41, 5.74) is 2.52. The van der Waals surface area contributed by atoms with Crippen molar-refractivity contribution in [3.05, 3.63) is 60.3 Å². The summed E-state index contributed by atoms with van der Waals surface area (Å²) in [7, 11) is 3.26. The van der Waals surface area contributed by atoms with Gasteiger partial charge in [-0.1, -0.05) is 0 Å². The first-order valence-corrected chi connectivity index (χ1v) is 10.8. The number of carbonyl (C=O) groups is 1. The lowest BCUT2D eigenvalue weighted by Gasteiger charge is -2.34. The maximum Gasteiger partial charge on any atom is 0.321 e. The molecule has 1 fully saturated rings. The van der Waals surface area contributed by atoms with Gasteiger partial charge in [-0.05, 0) is 55.5 Å². The van der Waals surface area contributed by atoms with E-state index >= 15 is 0 Å². The normalized spacial score (nSPS) is 13.4. The van der Waals surface area contributed by atoms with E-state index in [9.17, 15) is 4.79 Å². The molecule has 0 aliphatic carbocycles. The molecule has 3 aromatic rings. The van der Waals surface area contributed by atoms with Crippen LogP contribution in [0.2, 0.25) is 0 Å². The number of urea groups is 1. The Labute approximate surface area is 193 Å². The van der Waals surface area contributed by atoms with Crippen LogP contribution in [0.5, 0.6) is 11.5 Å². The largest absolute Gasteiger partial charge is 0.497 e. The lowest BCUT2D eigenvalue weighted by Crippen LogP contribution is -2.50. The molecule has 0 spiro atoms. The Hall–Kier alpha value is -4.01. The van der Waals surface area contributed by atoms with Crippen LogP contribution in [-0.2, 0) is 0 Å². The number of nitrogens with one attached hydrogen (secondary N) is 2. The molecule has 33 heavy (non-hydrogen) atoms. The topological polar surface area (TPSA) is 91.9 Å². The molecule has 1 aliphatic heterocycles. The molecule has 2 amide bonds. The van der Waals surface area contributed by atoms with E-state index in [1.807, 2.05) is 61.5 Å². The van der Waals surface area contributed by atoms with Crippen molar-refractivity contribution in [2.75, 3.05) is 55.9 Å². The summed E-state index contributed by atoms with van der Waals surface area (Å²) in [5, 5.41) is 6.26. The predicted molar refractivity (Wildman–Crippen MR) is 129 cm³/mol. The second-order valence-corrected chi connectivity index (χ2v) is 7.68. The Bertz CT molecular complexity index is 1080. The molecular weight excluding hydrogens is 420 g/mol. The molecule has 2 N–H and O–H groups in total. The number of aryl methyl sites for hydroxylation is 1. The van der Waals surface area contributed by atoms with Crippen molar-refractivity contribution in [2.24, 2.45) is 0 Å². The number of aromatic nitrogens is 2. The summed E-state index contributed by atoms with van der Waals surface area (Å²) in [6.45, 7) is 4.42. The van der Waals surface area contributed by atoms with Crippen LogP contribution in [0.15, 0.2) is 54.6 Å². The zero-order valence-electron chi connectivity index (χ0n) is 19.0. The highest BCUT2D eigenvalue weighted by molar-refractivity contribution is 5.89. The molecule has 9 heteroatoms. The fourth-order valence-corrected chi connectivity index (χ4v) is 3.57. The highest BCUT2D eigenvalue weighted by Gasteiger charge is 2.23.